The molecular formula is C8H7O2S-. The number of hydrogen-bond donors (Lipinski definition) is 0. The van der Waals surface area contributed by atoms with Crippen LogP contribution in [0.3, 0.4) is 0 Å². The molecule has 0 aliphatic carbocycles. The molecule has 0 radical (unpaired) electrons. The number of hydrogen-bond acceptors (Lipinski definition) is 3. The van der Waals surface area contributed by atoms with E-state index in [1.165, 1.54) is 11.3 Å². The van der Waals surface area contributed by atoms with Gasteiger partial charge in [-0.3, -0.25) is 0 Å². The van der Waals surface area contributed by atoms with Gasteiger partial charge in [-0.05, 0) is 17.0 Å². The molecule has 0 saturated heterocycles. The Balaban J connectivity index is 2.57. The average Bonchev–Trinajstić information content (AvgIpc) is 2.39. The lowest BCUT2D eigenvalue weighted by Crippen LogP contribution is -2.24. The molecule has 3 heteroatoms. The minimum Gasteiger partial charge on any atom is -0.545 e. The van der Waals surface area contributed by atoms with Crippen molar-refractivity contribution in [1.82, 2.24) is 0 Å². The molecule has 1 heterocycles. The van der Waals surface area contributed by atoms with Crippen molar-refractivity contribution in [1.29, 1.82) is 0 Å². The summed E-state index contributed by atoms with van der Waals surface area (Å²) in [6, 6.07) is 3.75. The molecule has 11 heavy (non-hydrogen) atoms. The quantitative estimate of drug-likeness (QED) is 0.618. The van der Waals surface area contributed by atoms with Gasteiger partial charge >= 0.3 is 0 Å². The topological polar surface area (TPSA) is 40.1 Å². The lowest BCUT2D eigenvalue weighted by molar-refractivity contribution is -0.299. The Labute approximate surface area is 68.8 Å². The molecule has 0 unspecified atom stereocenters. The third kappa shape index (κ3) is 2.20. The van der Waals surface area contributed by atoms with Gasteiger partial charge in [-0.2, -0.15) is 0 Å². The molecule has 0 fully saturated rings. The van der Waals surface area contributed by atoms with Crippen molar-refractivity contribution in [2.24, 2.45) is 0 Å². The van der Waals surface area contributed by atoms with Gasteiger partial charge in [0.05, 0.1) is 5.97 Å². The first kappa shape index (κ1) is 8.01. The van der Waals surface area contributed by atoms with Gasteiger partial charge in [0.25, 0.3) is 0 Å². The molecule has 1 rings (SSSR count). The molecule has 2 nitrogen and oxygen atoms in total. The Bertz CT molecular complexity index is 262. The summed E-state index contributed by atoms with van der Waals surface area (Å²) >= 11 is 1.52. The van der Waals surface area contributed by atoms with E-state index in [4.69, 9.17) is 0 Å². The van der Waals surface area contributed by atoms with Gasteiger partial charge in [-0.1, -0.05) is 12.6 Å². The fraction of sp³-hybridized carbons (Fsp3) is 0.125. The molecule has 0 aliphatic rings. The van der Waals surface area contributed by atoms with Crippen LogP contribution in [0.25, 0.3) is 0 Å². The van der Waals surface area contributed by atoms with Crippen molar-refractivity contribution in [2.75, 3.05) is 0 Å². The monoisotopic (exact) mass is 167 g/mol. The number of rotatable bonds is 3. The molecule has 1 aromatic rings. The minimum atomic E-state index is -1.17. The van der Waals surface area contributed by atoms with Crippen LogP contribution in [-0.4, -0.2) is 5.97 Å². The highest BCUT2D eigenvalue weighted by molar-refractivity contribution is 7.09. The van der Waals surface area contributed by atoms with Crippen molar-refractivity contribution in [2.45, 2.75) is 6.42 Å². The zero-order valence-electron chi connectivity index (χ0n) is 5.87. The third-order valence-corrected chi connectivity index (χ3v) is 2.13. The van der Waals surface area contributed by atoms with Crippen LogP contribution in [0.4, 0.5) is 0 Å². The van der Waals surface area contributed by atoms with Gasteiger partial charge in [0.1, 0.15) is 0 Å². The molecule has 0 N–H and O–H groups in total. The van der Waals surface area contributed by atoms with E-state index in [1.54, 1.807) is 0 Å². The number of carboxylic acid groups (broad SMARTS) is 1. The van der Waals surface area contributed by atoms with Gasteiger partial charge < -0.3 is 9.90 Å². The number of thiophene rings is 1. The van der Waals surface area contributed by atoms with Crippen LogP contribution >= 0.6 is 11.3 Å². The molecule has 0 bridgehead atoms. The molecular weight excluding hydrogens is 160 g/mol. The van der Waals surface area contributed by atoms with E-state index in [9.17, 15) is 9.90 Å². The molecule has 0 aromatic carbocycles. The van der Waals surface area contributed by atoms with Gasteiger partial charge in [-0.25, -0.2) is 0 Å². The van der Waals surface area contributed by atoms with E-state index >= 15 is 0 Å². The Morgan fingerprint density at radius 2 is 2.45 bits per heavy atom. The summed E-state index contributed by atoms with van der Waals surface area (Å²) in [7, 11) is 0. The smallest absolute Gasteiger partial charge is 0.0672 e. The van der Waals surface area contributed by atoms with Gasteiger partial charge in [0.15, 0.2) is 0 Å². The second kappa shape index (κ2) is 3.34. The number of carboxylic acids is 1. The predicted molar refractivity (Wildman–Crippen MR) is 42.2 cm³/mol. The number of aliphatic carboxylic acids is 1. The highest BCUT2D eigenvalue weighted by atomic mass is 32.1. The maximum absolute atomic E-state index is 10.2. The van der Waals surface area contributed by atoms with Crippen LogP contribution in [0.15, 0.2) is 29.7 Å². The Morgan fingerprint density at radius 1 is 1.73 bits per heavy atom. The minimum absolute atomic E-state index is 0.132. The first-order valence-electron chi connectivity index (χ1n) is 3.11. The Kier molecular flexibility index (Phi) is 2.44. The van der Waals surface area contributed by atoms with Gasteiger partial charge in [0, 0.05) is 11.3 Å². The Morgan fingerprint density at radius 3 is 2.91 bits per heavy atom. The number of carbonyl (C=O) groups is 1. The fourth-order valence-corrected chi connectivity index (χ4v) is 1.44. The lowest BCUT2D eigenvalue weighted by Gasteiger charge is -2.02. The van der Waals surface area contributed by atoms with Gasteiger partial charge in [0.2, 0.25) is 0 Å². The summed E-state index contributed by atoms with van der Waals surface area (Å²) in [5, 5.41) is 12.1. The summed E-state index contributed by atoms with van der Waals surface area (Å²) in [6.45, 7) is 3.37. The highest BCUT2D eigenvalue weighted by Crippen LogP contribution is 2.12. The SMILES string of the molecule is C=C(Cc1cccs1)C(=O)[O-]. The second-order valence-corrected chi connectivity index (χ2v) is 3.18. The van der Waals surface area contributed by atoms with Crippen molar-refractivity contribution < 1.29 is 9.90 Å². The van der Waals surface area contributed by atoms with Crippen LogP contribution < -0.4 is 5.11 Å². The van der Waals surface area contributed by atoms with Crippen LogP contribution in [0.2, 0.25) is 0 Å². The summed E-state index contributed by atoms with van der Waals surface area (Å²) in [6.07, 6.45) is 0.389. The van der Waals surface area contributed by atoms with Crippen molar-refractivity contribution in [3.05, 3.63) is 34.5 Å². The summed E-state index contributed by atoms with van der Waals surface area (Å²) in [4.78, 5) is 11.2. The van der Waals surface area contributed by atoms with Crippen molar-refractivity contribution >= 4 is 17.3 Å². The summed E-state index contributed by atoms with van der Waals surface area (Å²) < 4.78 is 0. The second-order valence-electron chi connectivity index (χ2n) is 2.15. The van der Waals surface area contributed by atoms with Crippen molar-refractivity contribution in [3.63, 3.8) is 0 Å². The van der Waals surface area contributed by atoms with Crippen molar-refractivity contribution in [3.8, 4) is 0 Å². The van der Waals surface area contributed by atoms with Crippen LogP contribution in [-0.2, 0) is 11.2 Å². The first-order chi connectivity index (χ1) is 5.20. The third-order valence-electron chi connectivity index (χ3n) is 1.26. The van der Waals surface area contributed by atoms with E-state index < -0.39 is 5.97 Å². The van der Waals surface area contributed by atoms with E-state index in [-0.39, 0.29) is 5.57 Å². The first-order valence-corrected chi connectivity index (χ1v) is 3.99. The van der Waals surface area contributed by atoms with E-state index in [2.05, 4.69) is 6.58 Å². The van der Waals surface area contributed by atoms with Gasteiger partial charge in [-0.15, -0.1) is 11.3 Å². The lowest BCUT2D eigenvalue weighted by atomic mass is 10.2. The fourth-order valence-electron chi connectivity index (χ4n) is 0.696. The predicted octanol–water partition coefficient (Wildman–Crippen LogP) is 0.597. The van der Waals surface area contributed by atoms with Crippen LogP contribution in [0, 0.1) is 0 Å². The maximum Gasteiger partial charge on any atom is 0.0672 e. The highest BCUT2D eigenvalue weighted by Gasteiger charge is 1.97. The standard InChI is InChI=1S/C8H8O2S/c1-6(8(9)10)5-7-3-2-4-11-7/h2-4H,1,5H2,(H,9,10)/p-1. The normalized spacial score (nSPS) is 9.45. The van der Waals surface area contributed by atoms with Crippen LogP contribution in [0.5, 0.6) is 0 Å². The largest absolute Gasteiger partial charge is 0.545 e. The van der Waals surface area contributed by atoms with E-state index in [1.807, 2.05) is 17.5 Å². The molecule has 0 saturated carbocycles. The molecule has 0 amide bonds. The summed E-state index contributed by atoms with van der Waals surface area (Å²) in [5.74, 6) is -1.17. The van der Waals surface area contributed by atoms with E-state index in [0.29, 0.717) is 6.42 Å². The zero-order chi connectivity index (χ0) is 8.27. The van der Waals surface area contributed by atoms with Crippen LogP contribution in [0.1, 0.15) is 4.88 Å². The molecule has 58 valence electrons. The number of carbonyl (C=O) groups excluding carboxylic acids is 1. The zero-order valence-corrected chi connectivity index (χ0v) is 6.69. The summed E-state index contributed by atoms with van der Waals surface area (Å²) in [5.41, 5.74) is 0.132. The molecule has 0 atom stereocenters. The maximum atomic E-state index is 10.2. The average molecular weight is 167 g/mol. The molecule has 1 aromatic heterocycles. The van der Waals surface area contributed by atoms with E-state index in [0.717, 1.165) is 4.88 Å². The Hall–Kier alpha value is -1.09. The molecule has 0 spiro atoms. The molecule has 0 aliphatic heterocycles.